The predicted molar refractivity (Wildman–Crippen MR) is 90.7 cm³/mol. The minimum absolute atomic E-state index is 0.0231. The van der Waals surface area contributed by atoms with E-state index in [1.54, 1.807) is 0 Å². The van der Waals surface area contributed by atoms with Crippen molar-refractivity contribution in [3.8, 4) is 0 Å². The molecule has 2 aliphatic rings. The van der Waals surface area contributed by atoms with Gasteiger partial charge in [-0.1, -0.05) is 6.07 Å². The van der Waals surface area contributed by atoms with Gasteiger partial charge < -0.3 is 4.74 Å². The van der Waals surface area contributed by atoms with Crippen LogP contribution in [0.3, 0.4) is 0 Å². The molecule has 0 bridgehead atoms. The smallest absolute Gasteiger partial charge is 0.338 e. The van der Waals surface area contributed by atoms with Gasteiger partial charge in [-0.3, -0.25) is 14.5 Å². The Hall–Kier alpha value is -2.26. The first-order valence-corrected chi connectivity index (χ1v) is 9.94. The fourth-order valence-electron chi connectivity index (χ4n) is 3.06. The van der Waals surface area contributed by atoms with Gasteiger partial charge in [0.05, 0.1) is 10.5 Å². The number of imide groups is 1. The van der Waals surface area contributed by atoms with Crippen molar-refractivity contribution in [1.29, 1.82) is 0 Å². The van der Waals surface area contributed by atoms with Crippen molar-refractivity contribution in [2.75, 3.05) is 26.2 Å². The molecule has 9 heteroatoms. The summed E-state index contributed by atoms with van der Waals surface area (Å²) in [5.41, 5.74) is 0.0471. The van der Waals surface area contributed by atoms with E-state index in [9.17, 15) is 22.8 Å². The van der Waals surface area contributed by atoms with E-state index in [-0.39, 0.29) is 16.4 Å². The third kappa shape index (κ3) is 3.78. The van der Waals surface area contributed by atoms with Gasteiger partial charge >= 0.3 is 5.97 Å². The van der Waals surface area contributed by atoms with Crippen molar-refractivity contribution < 1.29 is 27.5 Å². The van der Waals surface area contributed by atoms with Crippen LogP contribution >= 0.6 is 0 Å². The summed E-state index contributed by atoms with van der Waals surface area (Å²) >= 11 is 0. The van der Waals surface area contributed by atoms with E-state index in [2.05, 4.69) is 0 Å². The van der Waals surface area contributed by atoms with Crippen LogP contribution in [-0.4, -0.2) is 61.6 Å². The molecule has 0 atom stereocenters. The lowest BCUT2D eigenvalue weighted by Crippen LogP contribution is -2.35. The molecule has 26 heavy (non-hydrogen) atoms. The van der Waals surface area contributed by atoms with E-state index in [1.807, 2.05) is 0 Å². The summed E-state index contributed by atoms with van der Waals surface area (Å²) in [6.45, 7) is 0.719. The molecule has 0 aliphatic carbocycles. The summed E-state index contributed by atoms with van der Waals surface area (Å²) in [6.07, 6.45) is 2.56. The lowest BCUT2D eigenvalue weighted by molar-refractivity contribution is -0.143. The normalized spacial score (nSPS) is 18.3. The number of carbonyl (C=O) groups excluding carboxylic acids is 3. The number of likely N-dealkylation sites (tertiary alicyclic amines) is 1. The maximum Gasteiger partial charge on any atom is 0.338 e. The summed E-state index contributed by atoms with van der Waals surface area (Å²) < 4.78 is 31.5. The van der Waals surface area contributed by atoms with E-state index in [0.717, 1.165) is 17.7 Å². The highest BCUT2D eigenvalue weighted by atomic mass is 32.2. The van der Waals surface area contributed by atoms with Gasteiger partial charge in [-0.2, -0.15) is 4.31 Å². The van der Waals surface area contributed by atoms with E-state index in [0.29, 0.717) is 32.5 Å². The van der Waals surface area contributed by atoms with Gasteiger partial charge in [0, 0.05) is 26.1 Å². The van der Waals surface area contributed by atoms with Crippen molar-refractivity contribution in [3.63, 3.8) is 0 Å². The Kier molecular flexibility index (Phi) is 5.38. The fourth-order valence-corrected chi connectivity index (χ4v) is 4.62. The number of esters is 1. The van der Waals surface area contributed by atoms with Gasteiger partial charge in [0.2, 0.25) is 15.9 Å². The predicted octanol–water partition coefficient (Wildman–Crippen LogP) is 0.777. The summed E-state index contributed by atoms with van der Waals surface area (Å²) in [7, 11) is -3.64. The Balaban J connectivity index is 1.66. The molecule has 8 nitrogen and oxygen atoms in total. The minimum Gasteiger partial charge on any atom is -0.452 e. The number of hydrogen-bond donors (Lipinski definition) is 0. The molecule has 1 aromatic rings. The topological polar surface area (TPSA) is 101 Å². The van der Waals surface area contributed by atoms with Crippen molar-refractivity contribution in [2.45, 2.75) is 30.6 Å². The summed E-state index contributed by atoms with van der Waals surface area (Å²) in [4.78, 5) is 36.7. The number of hydrogen-bond acceptors (Lipinski definition) is 6. The zero-order valence-electron chi connectivity index (χ0n) is 14.2. The second-order valence-electron chi connectivity index (χ2n) is 6.26. The molecule has 1 aromatic carbocycles. The van der Waals surface area contributed by atoms with E-state index >= 15 is 0 Å². The Labute approximate surface area is 151 Å². The van der Waals surface area contributed by atoms with Crippen LogP contribution in [0.4, 0.5) is 0 Å². The van der Waals surface area contributed by atoms with Gasteiger partial charge in [-0.25, -0.2) is 13.2 Å². The number of carbonyl (C=O) groups is 3. The van der Waals surface area contributed by atoms with Crippen molar-refractivity contribution >= 4 is 27.8 Å². The van der Waals surface area contributed by atoms with Crippen LogP contribution in [0.25, 0.3) is 0 Å². The molecule has 0 saturated carbocycles. The SMILES string of the molecule is O=C(OCC(=O)N1CCCC1=O)c1cccc(S(=O)(=O)N2CCCC2)c1. The molecule has 140 valence electrons. The molecule has 0 unspecified atom stereocenters. The van der Waals surface area contributed by atoms with Crippen LogP contribution in [0.15, 0.2) is 29.2 Å². The van der Waals surface area contributed by atoms with Gasteiger partial charge in [-0.05, 0) is 37.5 Å². The van der Waals surface area contributed by atoms with Crippen LogP contribution in [-0.2, 0) is 24.3 Å². The monoisotopic (exact) mass is 380 g/mol. The number of benzene rings is 1. The maximum atomic E-state index is 12.6. The van der Waals surface area contributed by atoms with Gasteiger partial charge in [-0.15, -0.1) is 0 Å². The second-order valence-corrected chi connectivity index (χ2v) is 8.20. The third-order valence-corrected chi connectivity index (χ3v) is 6.37. The first-order valence-electron chi connectivity index (χ1n) is 8.50. The van der Waals surface area contributed by atoms with Gasteiger partial charge in [0.15, 0.2) is 6.61 Å². The minimum atomic E-state index is -3.64. The molecule has 2 aliphatic heterocycles. The Bertz CT molecular complexity index is 829. The van der Waals surface area contributed by atoms with Crippen molar-refractivity contribution in [2.24, 2.45) is 0 Å². The highest BCUT2D eigenvalue weighted by Gasteiger charge is 2.29. The molecule has 0 aromatic heterocycles. The van der Waals surface area contributed by atoms with E-state index in [4.69, 9.17) is 4.74 Å². The first-order chi connectivity index (χ1) is 12.4. The summed E-state index contributed by atoms with van der Waals surface area (Å²) in [5.74, 6) is -1.64. The van der Waals surface area contributed by atoms with Crippen molar-refractivity contribution in [3.05, 3.63) is 29.8 Å². The second kappa shape index (κ2) is 7.55. The molecule has 2 saturated heterocycles. The Morgan fingerprint density at radius 1 is 1.08 bits per heavy atom. The average Bonchev–Trinajstić information content (AvgIpc) is 3.31. The van der Waals surface area contributed by atoms with Gasteiger partial charge in [0.25, 0.3) is 5.91 Å². The van der Waals surface area contributed by atoms with Crippen LogP contribution in [0, 0.1) is 0 Å². The lowest BCUT2D eigenvalue weighted by Gasteiger charge is -2.16. The number of nitrogens with zero attached hydrogens (tertiary/aromatic N) is 2. The Morgan fingerprint density at radius 2 is 1.81 bits per heavy atom. The number of sulfonamides is 1. The lowest BCUT2D eigenvalue weighted by atomic mass is 10.2. The molecule has 2 amide bonds. The van der Waals surface area contributed by atoms with Crippen LogP contribution in [0.1, 0.15) is 36.0 Å². The fraction of sp³-hybridized carbons (Fsp3) is 0.471. The molecule has 2 fully saturated rings. The average molecular weight is 380 g/mol. The van der Waals surface area contributed by atoms with Crippen LogP contribution in [0.5, 0.6) is 0 Å². The van der Waals surface area contributed by atoms with Gasteiger partial charge in [0.1, 0.15) is 0 Å². The molecule has 2 heterocycles. The maximum absolute atomic E-state index is 12.6. The molecule has 0 N–H and O–H groups in total. The van der Waals surface area contributed by atoms with Crippen molar-refractivity contribution in [1.82, 2.24) is 9.21 Å². The van der Waals surface area contributed by atoms with E-state index < -0.39 is 28.5 Å². The highest BCUT2D eigenvalue weighted by molar-refractivity contribution is 7.89. The number of amides is 2. The molecular formula is C17H20N2O6S. The highest BCUT2D eigenvalue weighted by Crippen LogP contribution is 2.22. The molecule has 0 spiro atoms. The standard InChI is InChI=1S/C17H20N2O6S/c20-15-7-4-10-19(15)16(21)12-25-17(22)13-5-3-6-14(11-13)26(23,24)18-8-1-2-9-18/h3,5-6,11H,1-2,4,7-10,12H2. The summed E-state index contributed by atoms with van der Waals surface area (Å²) in [5, 5.41) is 0. The molecule has 3 rings (SSSR count). The molecule has 0 radical (unpaired) electrons. The van der Waals surface area contributed by atoms with Crippen LogP contribution < -0.4 is 0 Å². The third-order valence-electron chi connectivity index (χ3n) is 4.47. The Morgan fingerprint density at radius 3 is 2.46 bits per heavy atom. The quantitative estimate of drug-likeness (QED) is 0.700. The zero-order valence-corrected chi connectivity index (χ0v) is 15.0. The van der Waals surface area contributed by atoms with E-state index in [1.165, 1.54) is 28.6 Å². The molecular weight excluding hydrogens is 360 g/mol. The van der Waals surface area contributed by atoms with Crippen LogP contribution in [0.2, 0.25) is 0 Å². The largest absolute Gasteiger partial charge is 0.452 e. The summed E-state index contributed by atoms with van der Waals surface area (Å²) in [6, 6.07) is 5.57. The number of ether oxygens (including phenoxy) is 1. The number of rotatable bonds is 5. The first kappa shape index (κ1) is 18.5. The zero-order chi connectivity index (χ0) is 18.7.